The minimum absolute atomic E-state index is 0.0698. The van der Waals surface area contributed by atoms with Crippen molar-refractivity contribution >= 4 is 10.1 Å². The van der Waals surface area contributed by atoms with Crippen LogP contribution >= 0.6 is 0 Å². The normalized spacial score (nSPS) is 16.2. The first-order valence-corrected chi connectivity index (χ1v) is 6.25. The van der Waals surface area contributed by atoms with Crippen LogP contribution in [-0.2, 0) is 14.3 Å². The third-order valence-electron chi connectivity index (χ3n) is 1.88. The molecule has 0 radical (unpaired) electrons. The molecule has 0 spiro atoms. The van der Waals surface area contributed by atoms with Crippen molar-refractivity contribution in [2.24, 2.45) is 5.41 Å². The van der Waals surface area contributed by atoms with Gasteiger partial charge in [0.15, 0.2) is 0 Å². The Morgan fingerprint density at radius 2 is 1.62 bits per heavy atom. The van der Waals surface area contributed by atoms with Crippen molar-refractivity contribution in [3.63, 3.8) is 0 Å². The van der Waals surface area contributed by atoms with E-state index in [9.17, 15) is 21.6 Å². The highest BCUT2D eigenvalue weighted by atomic mass is 32.2. The molecule has 16 heavy (non-hydrogen) atoms. The van der Waals surface area contributed by atoms with Crippen molar-refractivity contribution in [1.82, 2.24) is 0 Å². The Kier molecular flexibility index (Phi) is 4.82. The Morgan fingerprint density at radius 3 is 1.94 bits per heavy atom. The zero-order valence-corrected chi connectivity index (χ0v) is 10.6. The first kappa shape index (κ1) is 15.7. The number of halogens is 3. The number of hydrogen-bond donors (Lipinski definition) is 0. The fraction of sp³-hybridized carbons (Fsp3) is 1.00. The second kappa shape index (κ2) is 4.91. The van der Waals surface area contributed by atoms with Gasteiger partial charge in [-0.3, -0.25) is 4.18 Å². The zero-order valence-electron chi connectivity index (χ0n) is 9.76. The first-order valence-electron chi connectivity index (χ1n) is 4.85. The highest BCUT2D eigenvalue weighted by molar-refractivity contribution is 7.87. The molecule has 1 unspecified atom stereocenters. The van der Waals surface area contributed by atoms with Crippen LogP contribution in [0, 0.1) is 5.41 Å². The van der Waals surface area contributed by atoms with Gasteiger partial charge in [-0.1, -0.05) is 20.8 Å². The van der Waals surface area contributed by atoms with Gasteiger partial charge in [-0.05, 0) is 25.2 Å². The lowest BCUT2D eigenvalue weighted by molar-refractivity contribution is -0.0572. The van der Waals surface area contributed by atoms with E-state index in [0.717, 1.165) is 0 Å². The molecule has 0 aromatic heterocycles. The predicted molar refractivity (Wildman–Crippen MR) is 54.2 cm³/mol. The van der Waals surface area contributed by atoms with E-state index < -0.39 is 21.7 Å². The summed E-state index contributed by atoms with van der Waals surface area (Å²) < 4.78 is 61.2. The maximum atomic E-state index is 12.0. The van der Waals surface area contributed by atoms with E-state index in [2.05, 4.69) is 4.18 Å². The molecule has 0 amide bonds. The van der Waals surface area contributed by atoms with Crippen LogP contribution in [0.2, 0.25) is 0 Å². The first-order chi connectivity index (χ1) is 6.85. The molecule has 0 aromatic rings. The van der Waals surface area contributed by atoms with Gasteiger partial charge >= 0.3 is 15.6 Å². The van der Waals surface area contributed by atoms with E-state index in [1.54, 1.807) is 0 Å². The summed E-state index contributed by atoms with van der Waals surface area (Å²) in [6, 6.07) is 0. The molecule has 1 atom stereocenters. The maximum Gasteiger partial charge on any atom is 0.523 e. The van der Waals surface area contributed by atoms with Gasteiger partial charge in [0.1, 0.15) is 0 Å². The Morgan fingerprint density at radius 1 is 1.19 bits per heavy atom. The molecule has 0 heterocycles. The minimum Gasteiger partial charge on any atom is -0.260 e. The van der Waals surface area contributed by atoms with Gasteiger partial charge in [-0.25, -0.2) is 0 Å². The van der Waals surface area contributed by atoms with Crippen molar-refractivity contribution in [2.45, 2.75) is 52.1 Å². The summed E-state index contributed by atoms with van der Waals surface area (Å²) in [5.41, 5.74) is -5.41. The van der Waals surface area contributed by atoms with E-state index in [-0.39, 0.29) is 11.8 Å². The average molecular weight is 262 g/mol. The van der Waals surface area contributed by atoms with Crippen LogP contribution < -0.4 is 0 Å². The second-order valence-electron chi connectivity index (χ2n) is 4.91. The molecule has 7 heteroatoms. The van der Waals surface area contributed by atoms with Crippen LogP contribution in [0.5, 0.6) is 0 Å². The Balaban J connectivity index is 4.32. The molecular weight excluding hydrogens is 245 g/mol. The fourth-order valence-corrected chi connectivity index (χ4v) is 1.59. The number of rotatable bonds is 4. The van der Waals surface area contributed by atoms with Crippen LogP contribution in [0.3, 0.4) is 0 Å². The van der Waals surface area contributed by atoms with Gasteiger partial charge in [0, 0.05) is 0 Å². The topological polar surface area (TPSA) is 43.4 Å². The molecule has 0 aliphatic rings. The predicted octanol–water partition coefficient (Wildman–Crippen LogP) is 3.07. The summed E-state index contributed by atoms with van der Waals surface area (Å²) >= 11 is 0. The zero-order chi connectivity index (χ0) is 13.2. The molecule has 0 aliphatic heterocycles. The second-order valence-corrected chi connectivity index (χ2v) is 6.47. The van der Waals surface area contributed by atoms with Gasteiger partial charge in [0.05, 0.1) is 6.10 Å². The van der Waals surface area contributed by atoms with Crippen molar-refractivity contribution in [1.29, 1.82) is 0 Å². The molecule has 0 aliphatic carbocycles. The third kappa shape index (κ3) is 5.69. The Labute approximate surface area is 94.1 Å². The highest BCUT2D eigenvalue weighted by Crippen LogP contribution is 2.28. The van der Waals surface area contributed by atoms with E-state index in [1.165, 1.54) is 6.92 Å². The van der Waals surface area contributed by atoms with Crippen LogP contribution in [0.15, 0.2) is 0 Å². The monoisotopic (exact) mass is 262 g/mol. The lowest BCUT2D eigenvalue weighted by atomic mass is 9.89. The summed E-state index contributed by atoms with van der Waals surface area (Å²) in [4.78, 5) is 0. The SMILES string of the molecule is CC(CCC(C)(C)C)OS(=O)(=O)C(F)(F)F. The summed E-state index contributed by atoms with van der Waals surface area (Å²) in [5, 5.41) is 0. The highest BCUT2D eigenvalue weighted by Gasteiger charge is 2.48. The molecule has 3 nitrogen and oxygen atoms in total. The van der Waals surface area contributed by atoms with Crippen molar-refractivity contribution in [2.75, 3.05) is 0 Å². The van der Waals surface area contributed by atoms with Crippen LogP contribution in [0.1, 0.15) is 40.5 Å². The fourth-order valence-electron chi connectivity index (χ4n) is 0.955. The lowest BCUT2D eigenvalue weighted by Crippen LogP contribution is -2.29. The van der Waals surface area contributed by atoms with Crippen molar-refractivity contribution in [3.05, 3.63) is 0 Å². The molecule has 0 fully saturated rings. The quantitative estimate of drug-likeness (QED) is 0.577. The number of hydrogen-bond acceptors (Lipinski definition) is 3. The largest absolute Gasteiger partial charge is 0.523 e. The number of alkyl halides is 3. The Hall–Kier alpha value is -0.300. The van der Waals surface area contributed by atoms with E-state index in [0.29, 0.717) is 6.42 Å². The molecule has 0 saturated carbocycles. The standard InChI is InChI=1S/C9H17F3O3S/c1-7(5-6-8(2,3)4)15-16(13,14)9(10,11)12/h7H,5-6H2,1-4H3. The Bertz CT molecular complexity index is 314. The van der Waals surface area contributed by atoms with E-state index in [4.69, 9.17) is 0 Å². The third-order valence-corrected chi connectivity index (χ3v) is 3.02. The van der Waals surface area contributed by atoms with E-state index >= 15 is 0 Å². The molecule has 98 valence electrons. The molecule has 0 N–H and O–H groups in total. The van der Waals surface area contributed by atoms with Gasteiger partial charge in [-0.2, -0.15) is 21.6 Å². The van der Waals surface area contributed by atoms with Gasteiger partial charge in [0.25, 0.3) is 0 Å². The summed E-state index contributed by atoms with van der Waals surface area (Å²) in [6.07, 6.45) is -0.119. The van der Waals surface area contributed by atoms with Crippen LogP contribution in [-0.4, -0.2) is 20.0 Å². The smallest absolute Gasteiger partial charge is 0.260 e. The van der Waals surface area contributed by atoms with Gasteiger partial charge in [-0.15, -0.1) is 0 Å². The summed E-state index contributed by atoms with van der Waals surface area (Å²) in [6.45, 7) is 7.06. The van der Waals surface area contributed by atoms with E-state index in [1.807, 2.05) is 20.8 Å². The molecule has 0 rings (SSSR count). The maximum absolute atomic E-state index is 12.0. The van der Waals surface area contributed by atoms with Crippen molar-refractivity contribution in [3.8, 4) is 0 Å². The average Bonchev–Trinajstić information content (AvgIpc) is 1.96. The van der Waals surface area contributed by atoms with Crippen molar-refractivity contribution < 1.29 is 25.8 Å². The lowest BCUT2D eigenvalue weighted by Gasteiger charge is -2.21. The van der Waals surface area contributed by atoms with Crippen LogP contribution in [0.25, 0.3) is 0 Å². The summed E-state index contributed by atoms with van der Waals surface area (Å²) in [5.74, 6) is 0. The van der Waals surface area contributed by atoms with Crippen LogP contribution in [0.4, 0.5) is 13.2 Å². The minimum atomic E-state index is -5.46. The van der Waals surface area contributed by atoms with Gasteiger partial charge in [0.2, 0.25) is 0 Å². The molecular formula is C9H17F3O3S. The molecule has 0 bridgehead atoms. The van der Waals surface area contributed by atoms with Gasteiger partial charge < -0.3 is 0 Å². The molecule has 0 aromatic carbocycles. The summed E-state index contributed by atoms with van der Waals surface area (Å²) in [7, 11) is -5.46. The molecule has 0 saturated heterocycles.